The molecule has 0 amide bonds. The fourth-order valence-corrected chi connectivity index (χ4v) is 2.11. The van der Waals surface area contributed by atoms with Gasteiger partial charge in [-0.05, 0) is 18.3 Å². The summed E-state index contributed by atoms with van der Waals surface area (Å²) in [6.45, 7) is 13.5. The quantitative estimate of drug-likeness (QED) is 0.751. The molecule has 1 heterocycles. The molecule has 0 aromatic rings. The molecule has 0 radical (unpaired) electrons. The molecule has 1 aliphatic heterocycles. The van der Waals surface area contributed by atoms with Crippen LogP contribution in [0, 0.1) is 5.41 Å². The molecule has 1 fully saturated rings. The van der Waals surface area contributed by atoms with Gasteiger partial charge in [0.05, 0.1) is 12.7 Å². The molecule has 2 nitrogen and oxygen atoms in total. The van der Waals surface area contributed by atoms with Crippen molar-refractivity contribution < 1.29 is 4.39 Å². The molecule has 1 aliphatic rings. The van der Waals surface area contributed by atoms with Gasteiger partial charge in [0.1, 0.15) is 0 Å². The molecule has 1 N–H and O–H groups in total. The first-order valence-electron chi connectivity index (χ1n) is 6.13. The smallest absolute Gasteiger partial charge is 0.0906 e. The maximum absolute atomic E-state index is 12.0. The minimum atomic E-state index is -0.203. The third-order valence-corrected chi connectivity index (χ3v) is 2.72. The molecule has 0 atom stereocenters. The largest absolute Gasteiger partial charge is 0.383 e. The zero-order valence-corrected chi connectivity index (χ0v) is 10.9. The monoisotopic (exact) mass is 228 g/mol. The van der Waals surface area contributed by atoms with E-state index in [1.165, 1.54) is 0 Å². The van der Waals surface area contributed by atoms with Crippen molar-refractivity contribution in [3.63, 3.8) is 0 Å². The average Bonchev–Trinajstić information content (AvgIpc) is 2.05. The summed E-state index contributed by atoms with van der Waals surface area (Å²) in [4.78, 5) is 2.28. The summed E-state index contributed by atoms with van der Waals surface area (Å²) < 4.78 is 12.0. The second-order valence-corrected chi connectivity index (χ2v) is 5.98. The van der Waals surface area contributed by atoms with Crippen molar-refractivity contribution in [2.45, 2.75) is 39.7 Å². The van der Waals surface area contributed by atoms with Gasteiger partial charge in [0.2, 0.25) is 0 Å². The first-order valence-corrected chi connectivity index (χ1v) is 6.13. The van der Waals surface area contributed by atoms with Gasteiger partial charge >= 0.3 is 0 Å². The molecule has 0 aliphatic carbocycles. The number of likely N-dealkylation sites (tertiary alicyclic amines) is 1. The number of hydrogen-bond acceptors (Lipinski definition) is 2. The molecule has 0 bridgehead atoms. The van der Waals surface area contributed by atoms with Gasteiger partial charge in [-0.25, -0.2) is 0 Å². The van der Waals surface area contributed by atoms with E-state index in [4.69, 9.17) is 0 Å². The minimum absolute atomic E-state index is 0.203. The van der Waals surface area contributed by atoms with Crippen molar-refractivity contribution in [2.75, 3.05) is 26.3 Å². The minimum Gasteiger partial charge on any atom is -0.383 e. The van der Waals surface area contributed by atoms with Crippen LogP contribution in [0.4, 0.5) is 4.39 Å². The average molecular weight is 228 g/mol. The van der Waals surface area contributed by atoms with Crippen LogP contribution in [0.5, 0.6) is 0 Å². The molecular formula is C13H25FN2. The molecule has 16 heavy (non-hydrogen) atoms. The van der Waals surface area contributed by atoms with E-state index in [1.807, 2.05) is 0 Å². The number of halogens is 1. The molecule has 3 heteroatoms. The maximum atomic E-state index is 12.0. The highest BCUT2D eigenvalue weighted by Gasteiger charge is 2.26. The summed E-state index contributed by atoms with van der Waals surface area (Å²) >= 11 is 0. The van der Waals surface area contributed by atoms with Gasteiger partial charge in [-0.2, -0.15) is 0 Å². The Morgan fingerprint density at radius 3 is 2.56 bits per heavy atom. The Bertz CT molecular complexity index is 227. The molecule has 0 aromatic heterocycles. The Kier molecular flexibility index (Phi) is 4.78. The van der Waals surface area contributed by atoms with Crippen molar-refractivity contribution in [3.05, 3.63) is 12.3 Å². The van der Waals surface area contributed by atoms with Gasteiger partial charge in [-0.1, -0.05) is 27.4 Å². The highest BCUT2D eigenvalue weighted by Crippen LogP contribution is 2.22. The van der Waals surface area contributed by atoms with Crippen molar-refractivity contribution in [1.82, 2.24) is 10.2 Å². The van der Waals surface area contributed by atoms with E-state index in [1.54, 1.807) is 0 Å². The summed E-state index contributed by atoms with van der Waals surface area (Å²) in [5.74, 6) is 0. The van der Waals surface area contributed by atoms with Crippen LogP contribution in [0.1, 0.15) is 33.6 Å². The van der Waals surface area contributed by atoms with Crippen LogP contribution in [0.2, 0.25) is 0 Å². The van der Waals surface area contributed by atoms with E-state index in [-0.39, 0.29) is 6.67 Å². The molecular weight excluding hydrogens is 203 g/mol. The van der Waals surface area contributed by atoms with Crippen molar-refractivity contribution in [1.29, 1.82) is 0 Å². The first kappa shape index (κ1) is 13.5. The molecule has 94 valence electrons. The number of allylic oxidation sites excluding steroid dienone is 1. The maximum Gasteiger partial charge on any atom is 0.0906 e. The topological polar surface area (TPSA) is 15.3 Å². The van der Waals surface area contributed by atoms with Crippen molar-refractivity contribution >= 4 is 0 Å². The highest BCUT2D eigenvalue weighted by atomic mass is 19.1. The molecule has 0 saturated carbocycles. The Labute approximate surface area is 98.9 Å². The van der Waals surface area contributed by atoms with Crippen molar-refractivity contribution in [2.24, 2.45) is 5.41 Å². The van der Waals surface area contributed by atoms with Gasteiger partial charge in [0.15, 0.2) is 0 Å². The van der Waals surface area contributed by atoms with Gasteiger partial charge < -0.3 is 5.32 Å². The normalized spacial score (nSPS) is 18.2. The first-order chi connectivity index (χ1) is 7.40. The van der Waals surface area contributed by atoms with Gasteiger partial charge in [0.25, 0.3) is 0 Å². The lowest BCUT2D eigenvalue weighted by Gasteiger charge is -2.41. The number of rotatable bonds is 6. The summed E-state index contributed by atoms with van der Waals surface area (Å²) in [5, 5.41) is 3.45. The molecule has 0 aromatic carbocycles. The Morgan fingerprint density at radius 1 is 1.44 bits per heavy atom. The predicted octanol–water partition coefficient (Wildman–Crippen LogP) is 2.57. The number of nitrogens with one attached hydrogen (secondary N) is 1. The van der Waals surface area contributed by atoms with E-state index in [9.17, 15) is 4.39 Å². The third-order valence-electron chi connectivity index (χ3n) is 2.72. The number of nitrogens with zero attached hydrogens (tertiary/aromatic N) is 1. The van der Waals surface area contributed by atoms with Gasteiger partial charge in [-0.3, -0.25) is 9.29 Å². The number of alkyl halides is 1. The van der Waals surface area contributed by atoms with E-state index in [0.717, 1.165) is 31.8 Å². The van der Waals surface area contributed by atoms with Gasteiger partial charge in [-0.15, -0.1) is 0 Å². The Morgan fingerprint density at radius 2 is 2.06 bits per heavy atom. The fourth-order valence-electron chi connectivity index (χ4n) is 2.11. The van der Waals surface area contributed by atoms with Crippen LogP contribution < -0.4 is 5.32 Å². The lowest BCUT2D eigenvalue weighted by atomic mass is 9.90. The van der Waals surface area contributed by atoms with Crippen LogP contribution in [-0.4, -0.2) is 37.3 Å². The second-order valence-electron chi connectivity index (χ2n) is 5.98. The highest BCUT2D eigenvalue weighted by molar-refractivity contribution is 5.01. The van der Waals surface area contributed by atoms with Crippen molar-refractivity contribution in [3.8, 4) is 0 Å². The SMILES string of the molecule is C=C(CC(C)(C)C)NC1CN(CCCF)C1. The Balaban J connectivity index is 2.10. The summed E-state index contributed by atoms with van der Waals surface area (Å²) in [6.07, 6.45) is 1.67. The molecule has 1 rings (SSSR count). The molecule has 1 saturated heterocycles. The summed E-state index contributed by atoms with van der Waals surface area (Å²) in [7, 11) is 0. The number of hydrogen-bond donors (Lipinski definition) is 1. The van der Waals surface area contributed by atoms with Crippen LogP contribution in [0.15, 0.2) is 12.3 Å². The lowest BCUT2D eigenvalue weighted by molar-refractivity contribution is 0.126. The Hall–Kier alpha value is -0.570. The van der Waals surface area contributed by atoms with E-state index in [2.05, 4.69) is 37.6 Å². The standard InChI is InChI=1S/C13H25FN2/c1-11(8-13(2,3)4)15-12-9-16(10-12)7-5-6-14/h12,15H,1,5-10H2,2-4H3. The van der Waals surface area contributed by atoms with Crippen LogP contribution in [0.25, 0.3) is 0 Å². The van der Waals surface area contributed by atoms with Crippen LogP contribution in [0.3, 0.4) is 0 Å². The molecule has 0 unspecified atom stereocenters. The summed E-state index contributed by atoms with van der Waals surface area (Å²) in [6, 6.07) is 0.523. The summed E-state index contributed by atoms with van der Waals surface area (Å²) in [5.41, 5.74) is 1.42. The van der Waals surface area contributed by atoms with E-state index in [0.29, 0.717) is 17.9 Å². The van der Waals surface area contributed by atoms with E-state index < -0.39 is 0 Å². The van der Waals surface area contributed by atoms with Crippen LogP contribution >= 0.6 is 0 Å². The van der Waals surface area contributed by atoms with E-state index >= 15 is 0 Å². The van der Waals surface area contributed by atoms with Gasteiger partial charge in [0, 0.05) is 25.3 Å². The zero-order valence-electron chi connectivity index (χ0n) is 10.9. The third kappa shape index (κ3) is 4.97. The van der Waals surface area contributed by atoms with Crippen LogP contribution in [-0.2, 0) is 0 Å². The lowest BCUT2D eigenvalue weighted by Crippen LogP contribution is -2.57. The predicted molar refractivity (Wildman–Crippen MR) is 67.2 cm³/mol. The second kappa shape index (κ2) is 5.67. The fraction of sp³-hybridized carbons (Fsp3) is 0.846. The zero-order chi connectivity index (χ0) is 12.2. The molecule has 0 spiro atoms.